The molecule has 0 spiro atoms. The highest BCUT2D eigenvalue weighted by Crippen LogP contribution is 2.45. The molecule has 0 aliphatic carbocycles. The van der Waals surface area contributed by atoms with Crippen LogP contribution < -0.4 is 14.4 Å². The van der Waals surface area contributed by atoms with Crippen molar-refractivity contribution in [1.29, 1.82) is 0 Å². The highest BCUT2D eigenvalue weighted by atomic mass is 35.5. The Hall–Kier alpha value is -3.66. The molecule has 1 aliphatic heterocycles. The number of ether oxygens (including phenoxy) is 2. The number of benzene rings is 2. The van der Waals surface area contributed by atoms with Crippen molar-refractivity contribution in [2.75, 3.05) is 18.6 Å². The standard InChI is InChI=1S/C26H19Cl2N3O5S/c1-3-36-15-6-7-18-19(11-15)37-26(30-18)31-21(13-5-4-8-29-12-13)20(23(33)25(31)34)22(32)14-9-16(27)24(35-2)17(28)10-14/h4-12,21,32H,3H2,1-2H3/b22-20+. The third-order valence-electron chi connectivity index (χ3n) is 5.79. The van der Waals surface area contributed by atoms with Crippen LogP contribution in [0.3, 0.4) is 0 Å². The first-order chi connectivity index (χ1) is 17.8. The Morgan fingerprint density at radius 3 is 2.57 bits per heavy atom. The number of pyridine rings is 1. The summed E-state index contributed by atoms with van der Waals surface area (Å²) >= 11 is 13.8. The van der Waals surface area contributed by atoms with Crippen LogP contribution in [0.25, 0.3) is 16.0 Å². The molecule has 0 radical (unpaired) electrons. The molecule has 1 amide bonds. The highest BCUT2D eigenvalue weighted by Gasteiger charge is 2.48. The van der Waals surface area contributed by atoms with Crippen molar-refractivity contribution in [1.82, 2.24) is 9.97 Å². The summed E-state index contributed by atoms with van der Waals surface area (Å²) in [7, 11) is 1.41. The Morgan fingerprint density at radius 1 is 1.16 bits per heavy atom. The fourth-order valence-electron chi connectivity index (χ4n) is 4.18. The van der Waals surface area contributed by atoms with Gasteiger partial charge in [-0.05, 0) is 48.9 Å². The molecular weight excluding hydrogens is 537 g/mol. The van der Waals surface area contributed by atoms with Crippen LogP contribution in [0.4, 0.5) is 5.13 Å². The van der Waals surface area contributed by atoms with Gasteiger partial charge >= 0.3 is 5.91 Å². The van der Waals surface area contributed by atoms with Gasteiger partial charge in [0.05, 0.1) is 45.6 Å². The SMILES string of the molecule is CCOc1ccc2nc(N3C(=O)C(=O)/C(=C(/O)c4cc(Cl)c(OC)c(Cl)c4)C3c3cccnc3)sc2c1. The maximum atomic E-state index is 13.4. The van der Waals surface area contributed by atoms with Gasteiger partial charge < -0.3 is 14.6 Å². The normalized spacial score (nSPS) is 17.0. The minimum Gasteiger partial charge on any atom is -0.507 e. The lowest BCUT2D eigenvalue weighted by atomic mass is 9.96. The predicted octanol–water partition coefficient (Wildman–Crippen LogP) is 6.03. The molecule has 11 heteroatoms. The van der Waals surface area contributed by atoms with Crippen molar-refractivity contribution in [3.63, 3.8) is 0 Å². The molecular formula is C26H19Cl2N3O5S. The second kappa shape index (κ2) is 10.0. The first kappa shape index (κ1) is 25.0. The third kappa shape index (κ3) is 4.39. The first-order valence-corrected chi connectivity index (χ1v) is 12.7. The number of aliphatic hydroxyl groups is 1. The van der Waals surface area contributed by atoms with E-state index in [1.165, 1.54) is 41.7 Å². The van der Waals surface area contributed by atoms with Crippen molar-refractivity contribution in [2.45, 2.75) is 13.0 Å². The summed E-state index contributed by atoms with van der Waals surface area (Å²) in [6.07, 6.45) is 3.11. The minimum atomic E-state index is -0.986. The number of nitrogens with zero attached hydrogens (tertiary/aromatic N) is 3. The van der Waals surface area contributed by atoms with Crippen LogP contribution in [-0.4, -0.2) is 40.5 Å². The van der Waals surface area contributed by atoms with Gasteiger partial charge in [0.25, 0.3) is 5.78 Å². The molecule has 1 N–H and O–H groups in total. The zero-order valence-corrected chi connectivity index (χ0v) is 21.9. The van der Waals surface area contributed by atoms with Gasteiger partial charge in [-0.15, -0.1) is 0 Å². The number of halogens is 2. The number of hydrogen-bond donors (Lipinski definition) is 1. The Labute approximate surface area is 225 Å². The fourth-order valence-corrected chi connectivity index (χ4v) is 5.84. The maximum Gasteiger partial charge on any atom is 0.301 e. The summed E-state index contributed by atoms with van der Waals surface area (Å²) in [5, 5.41) is 11.9. The van der Waals surface area contributed by atoms with E-state index in [4.69, 9.17) is 32.7 Å². The predicted molar refractivity (Wildman–Crippen MR) is 143 cm³/mol. The van der Waals surface area contributed by atoms with Crippen molar-refractivity contribution < 1.29 is 24.2 Å². The van der Waals surface area contributed by atoms with Crippen LogP contribution in [0.15, 0.2) is 60.4 Å². The monoisotopic (exact) mass is 555 g/mol. The Balaban J connectivity index is 1.69. The summed E-state index contributed by atoms with van der Waals surface area (Å²) in [5.41, 5.74) is 1.19. The number of thiazole rings is 1. The quantitative estimate of drug-likeness (QED) is 0.176. The molecule has 1 aliphatic rings. The second-order valence-electron chi connectivity index (χ2n) is 7.99. The van der Waals surface area contributed by atoms with Crippen LogP contribution in [0.1, 0.15) is 24.1 Å². The van der Waals surface area contributed by atoms with Crippen LogP contribution in [0, 0.1) is 0 Å². The number of hydrogen-bond acceptors (Lipinski definition) is 8. The van der Waals surface area contributed by atoms with E-state index in [1.807, 2.05) is 13.0 Å². The van der Waals surface area contributed by atoms with E-state index in [-0.39, 0.29) is 26.9 Å². The van der Waals surface area contributed by atoms with Gasteiger partial charge in [-0.25, -0.2) is 4.98 Å². The smallest absolute Gasteiger partial charge is 0.301 e. The van der Waals surface area contributed by atoms with E-state index < -0.39 is 23.5 Å². The highest BCUT2D eigenvalue weighted by molar-refractivity contribution is 7.22. The molecule has 2 aromatic heterocycles. The Bertz CT molecular complexity index is 1550. The molecule has 0 bridgehead atoms. The summed E-state index contributed by atoms with van der Waals surface area (Å²) < 4.78 is 11.5. The first-order valence-electron chi connectivity index (χ1n) is 11.1. The summed E-state index contributed by atoms with van der Waals surface area (Å²) in [5.74, 6) is -1.23. The van der Waals surface area contributed by atoms with Gasteiger partial charge in [-0.3, -0.25) is 19.5 Å². The third-order valence-corrected chi connectivity index (χ3v) is 7.37. The number of Topliss-reactive ketones (excluding diaryl/α,β-unsaturated/α-hetero) is 1. The van der Waals surface area contributed by atoms with Gasteiger partial charge in [0.15, 0.2) is 10.9 Å². The van der Waals surface area contributed by atoms with Crippen LogP contribution in [0.2, 0.25) is 10.0 Å². The molecule has 37 heavy (non-hydrogen) atoms. The molecule has 1 fully saturated rings. The number of fused-ring (bicyclic) bond motifs is 1. The number of methoxy groups -OCH3 is 1. The molecule has 2 aromatic carbocycles. The second-order valence-corrected chi connectivity index (χ2v) is 9.81. The van der Waals surface area contributed by atoms with E-state index in [1.54, 1.807) is 30.5 Å². The van der Waals surface area contributed by atoms with Gasteiger partial charge in [0, 0.05) is 18.0 Å². The lowest BCUT2D eigenvalue weighted by Gasteiger charge is -2.22. The molecule has 5 rings (SSSR count). The number of carbonyl (C=O) groups is 2. The van der Waals surface area contributed by atoms with Crippen LogP contribution in [-0.2, 0) is 9.59 Å². The van der Waals surface area contributed by atoms with Crippen molar-refractivity contribution >= 4 is 67.3 Å². The fraction of sp³-hybridized carbons (Fsp3) is 0.154. The van der Waals surface area contributed by atoms with Gasteiger partial charge in [0.2, 0.25) is 0 Å². The number of aliphatic hydroxyl groups excluding tert-OH is 1. The van der Waals surface area contributed by atoms with E-state index in [9.17, 15) is 14.7 Å². The summed E-state index contributed by atoms with van der Waals surface area (Å²) in [4.78, 5) is 36.8. The van der Waals surface area contributed by atoms with Gasteiger partial charge in [-0.1, -0.05) is 40.6 Å². The number of amides is 1. The molecule has 1 saturated heterocycles. The topological polar surface area (TPSA) is 102 Å². The average Bonchev–Trinajstić information content (AvgIpc) is 3.42. The Kier molecular flexibility index (Phi) is 6.76. The summed E-state index contributed by atoms with van der Waals surface area (Å²) in [6.45, 7) is 2.39. The Morgan fingerprint density at radius 2 is 1.92 bits per heavy atom. The molecule has 3 heterocycles. The van der Waals surface area contributed by atoms with E-state index in [0.29, 0.717) is 28.6 Å². The number of aromatic nitrogens is 2. The van der Waals surface area contributed by atoms with E-state index in [2.05, 4.69) is 9.97 Å². The average molecular weight is 556 g/mol. The van der Waals surface area contributed by atoms with Crippen LogP contribution >= 0.6 is 34.5 Å². The van der Waals surface area contributed by atoms with Gasteiger partial charge in [-0.2, -0.15) is 0 Å². The molecule has 4 aromatic rings. The number of ketones is 1. The number of rotatable bonds is 6. The molecule has 1 atom stereocenters. The lowest BCUT2D eigenvalue weighted by Crippen LogP contribution is -2.29. The number of anilines is 1. The largest absolute Gasteiger partial charge is 0.507 e. The van der Waals surface area contributed by atoms with E-state index in [0.717, 1.165) is 4.70 Å². The number of carbonyl (C=O) groups excluding carboxylic acids is 2. The van der Waals surface area contributed by atoms with Gasteiger partial charge in [0.1, 0.15) is 11.5 Å². The van der Waals surface area contributed by atoms with E-state index >= 15 is 0 Å². The van der Waals surface area contributed by atoms with Crippen molar-refractivity contribution in [3.05, 3.63) is 81.6 Å². The maximum absolute atomic E-state index is 13.4. The lowest BCUT2D eigenvalue weighted by molar-refractivity contribution is -0.132. The zero-order valence-electron chi connectivity index (χ0n) is 19.6. The minimum absolute atomic E-state index is 0.135. The van der Waals surface area contributed by atoms with Crippen LogP contribution in [0.5, 0.6) is 11.5 Å². The van der Waals surface area contributed by atoms with Crippen molar-refractivity contribution in [3.8, 4) is 11.5 Å². The van der Waals surface area contributed by atoms with Crippen molar-refractivity contribution in [2.24, 2.45) is 0 Å². The molecule has 188 valence electrons. The molecule has 1 unspecified atom stereocenters. The molecule has 8 nitrogen and oxygen atoms in total. The summed E-state index contributed by atoms with van der Waals surface area (Å²) in [6, 6.07) is 10.7. The molecule has 0 saturated carbocycles. The zero-order chi connectivity index (χ0) is 26.3.